The fourth-order valence-corrected chi connectivity index (χ4v) is 2.18. The van der Waals surface area contributed by atoms with E-state index < -0.39 is 73.3 Å². The number of aliphatic carboxylic acids is 1. The van der Waals surface area contributed by atoms with Crippen molar-refractivity contribution in [2.45, 2.75) is 54.9 Å². The van der Waals surface area contributed by atoms with Crippen LogP contribution in [0.4, 0.5) is 0 Å². The van der Waals surface area contributed by atoms with E-state index in [1.165, 1.54) is 0 Å². The first-order valence-electron chi connectivity index (χ1n) is 6.83. The molecule has 140 valence electrons. The number of hydrogen-bond donors (Lipinski definition) is 9. The molecule has 1 fully saturated rings. The molecule has 1 unspecified atom stereocenters. The van der Waals surface area contributed by atoms with E-state index >= 15 is 0 Å². The number of carboxylic acid groups (broad SMARTS) is 1. The minimum absolute atomic E-state index is 0.992. The Morgan fingerprint density at radius 1 is 0.875 bits per heavy atom. The monoisotopic (exact) mass is 356 g/mol. The van der Waals surface area contributed by atoms with Crippen molar-refractivity contribution in [3.63, 3.8) is 0 Å². The Hall–Kier alpha value is -1.22. The lowest BCUT2D eigenvalue weighted by Crippen LogP contribution is -2.64. The molecule has 1 heterocycles. The van der Waals surface area contributed by atoms with Crippen LogP contribution in [0.5, 0.6) is 0 Å². The van der Waals surface area contributed by atoms with Gasteiger partial charge in [0.2, 0.25) is 0 Å². The van der Waals surface area contributed by atoms with Crippen molar-refractivity contribution < 1.29 is 60.3 Å². The highest BCUT2D eigenvalue weighted by atomic mass is 16.6. The zero-order valence-corrected chi connectivity index (χ0v) is 12.2. The molecule has 9 N–H and O–H groups in total. The van der Waals surface area contributed by atoms with Gasteiger partial charge in [-0.1, -0.05) is 0 Å². The molecule has 0 spiro atoms. The number of Topliss-reactive ketones (excluding diaryl/α,β-unsaturated/α-hetero) is 1. The molecule has 0 saturated carbocycles. The number of ketones is 1. The summed E-state index contributed by atoms with van der Waals surface area (Å²) >= 11 is 0. The number of aliphatic hydroxyl groups is 8. The lowest BCUT2D eigenvalue weighted by Gasteiger charge is -2.39. The standard InChI is InChI=1S/C12H20O12/c13-1-2(14)3(15)4(16)5(17)7(19)10-8(20)6(18)9(21)11(24-10)12(22)23/h2-6,8-11,13-18,20-21H,1H2,(H,22,23)/t2-,3+,4+,5-,6-,8-,9+,10?,11+/m1/s1. The van der Waals surface area contributed by atoms with Crippen molar-refractivity contribution in [3.05, 3.63) is 0 Å². The van der Waals surface area contributed by atoms with Crippen LogP contribution in [-0.2, 0) is 14.3 Å². The first-order valence-corrected chi connectivity index (χ1v) is 6.83. The van der Waals surface area contributed by atoms with Gasteiger partial charge in [-0.05, 0) is 0 Å². The molecule has 1 saturated heterocycles. The van der Waals surface area contributed by atoms with Crippen LogP contribution in [0.25, 0.3) is 0 Å². The molecule has 0 bridgehead atoms. The van der Waals surface area contributed by atoms with Gasteiger partial charge in [0, 0.05) is 0 Å². The van der Waals surface area contributed by atoms with Gasteiger partial charge < -0.3 is 50.7 Å². The average Bonchev–Trinajstić information content (AvgIpc) is 2.56. The molecule has 12 heteroatoms. The summed E-state index contributed by atoms with van der Waals surface area (Å²) in [4.78, 5) is 23.0. The molecule has 1 rings (SSSR count). The molecule has 1 aliphatic rings. The SMILES string of the molecule is O=C(O)[C@H]1OC(C(=O)[C@H](O)[C@@H](O)[C@@H](O)[C@H](O)CO)[C@H](O)[C@@H](O)[C@@H]1O. The van der Waals surface area contributed by atoms with E-state index in [2.05, 4.69) is 4.74 Å². The van der Waals surface area contributed by atoms with Crippen LogP contribution < -0.4 is 0 Å². The summed E-state index contributed by atoms with van der Waals surface area (Å²) in [6.45, 7) is -0.992. The first-order chi connectivity index (χ1) is 11.0. The number of aliphatic hydroxyl groups excluding tert-OH is 8. The molecule has 0 amide bonds. The van der Waals surface area contributed by atoms with E-state index in [9.17, 15) is 40.2 Å². The number of rotatable bonds is 7. The van der Waals surface area contributed by atoms with E-state index in [1.54, 1.807) is 0 Å². The Balaban J connectivity index is 2.93. The van der Waals surface area contributed by atoms with E-state index in [4.69, 9.17) is 15.3 Å². The number of carbonyl (C=O) groups excluding carboxylic acids is 1. The topological polar surface area (TPSA) is 225 Å². The molecule has 0 radical (unpaired) electrons. The van der Waals surface area contributed by atoms with E-state index in [1.807, 2.05) is 0 Å². The van der Waals surface area contributed by atoms with Gasteiger partial charge in [-0.3, -0.25) is 4.79 Å². The van der Waals surface area contributed by atoms with E-state index in [0.29, 0.717) is 0 Å². The summed E-state index contributed by atoms with van der Waals surface area (Å²) in [5.41, 5.74) is 0. The predicted octanol–water partition coefficient (Wildman–Crippen LogP) is -6.07. The average molecular weight is 356 g/mol. The van der Waals surface area contributed by atoms with Gasteiger partial charge in [0.1, 0.15) is 48.8 Å². The maximum atomic E-state index is 12.0. The van der Waals surface area contributed by atoms with Crippen LogP contribution in [0, 0.1) is 0 Å². The second-order valence-corrected chi connectivity index (χ2v) is 5.37. The van der Waals surface area contributed by atoms with Gasteiger partial charge in [-0.15, -0.1) is 0 Å². The summed E-state index contributed by atoms with van der Waals surface area (Å²) in [5, 5.41) is 84.2. The largest absolute Gasteiger partial charge is 0.479 e. The van der Waals surface area contributed by atoms with Crippen LogP contribution in [0.1, 0.15) is 0 Å². The Bertz CT molecular complexity index is 455. The fraction of sp³-hybridized carbons (Fsp3) is 0.833. The van der Waals surface area contributed by atoms with Crippen molar-refractivity contribution in [2.75, 3.05) is 6.61 Å². The van der Waals surface area contributed by atoms with Crippen LogP contribution in [0.3, 0.4) is 0 Å². The van der Waals surface area contributed by atoms with Crippen LogP contribution in [-0.4, -0.2) is 119 Å². The summed E-state index contributed by atoms with van der Waals surface area (Å²) in [7, 11) is 0. The lowest BCUT2D eigenvalue weighted by molar-refractivity contribution is -0.229. The van der Waals surface area contributed by atoms with Crippen molar-refractivity contribution in [1.29, 1.82) is 0 Å². The molecule has 24 heavy (non-hydrogen) atoms. The smallest absolute Gasteiger partial charge is 0.335 e. The van der Waals surface area contributed by atoms with E-state index in [-0.39, 0.29) is 0 Å². The molecular formula is C12H20O12. The highest BCUT2D eigenvalue weighted by Gasteiger charge is 2.51. The predicted molar refractivity (Wildman–Crippen MR) is 70.4 cm³/mol. The molecule has 12 nitrogen and oxygen atoms in total. The Morgan fingerprint density at radius 2 is 1.38 bits per heavy atom. The number of carboxylic acids is 1. The number of hydrogen-bond acceptors (Lipinski definition) is 11. The lowest BCUT2D eigenvalue weighted by atomic mass is 9.89. The van der Waals surface area contributed by atoms with Crippen LogP contribution >= 0.6 is 0 Å². The zero-order chi connectivity index (χ0) is 18.8. The van der Waals surface area contributed by atoms with Gasteiger partial charge >= 0.3 is 5.97 Å². The Labute approximate surface area is 134 Å². The van der Waals surface area contributed by atoms with Crippen molar-refractivity contribution >= 4 is 11.8 Å². The van der Waals surface area contributed by atoms with Gasteiger partial charge in [-0.2, -0.15) is 0 Å². The van der Waals surface area contributed by atoms with Gasteiger partial charge in [0.25, 0.3) is 0 Å². The third-order valence-electron chi connectivity index (χ3n) is 3.68. The minimum Gasteiger partial charge on any atom is -0.479 e. The highest BCUT2D eigenvalue weighted by molar-refractivity contribution is 5.89. The summed E-state index contributed by atoms with van der Waals surface area (Å²) < 4.78 is 4.67. The molecule has 0 aromatic heterocycles. The molecule has 1 aliphatic heterocycles. The van der Waals surface area contributed by atoms with Crippen molar-refractivity contribution in [2.24, 2.45) is 0 Å². The van der Waals surface area contributed by atoms with Crippen LogP contribution in [0.2, 0.25) is 0 Å². The van der Waals surface area contributed by atoms with Crippen molar-refractivity contribution in [1.82, 2.24) is 0 Å². The summed E-state index contributed by atoms with van der Waals surface area (Å²) in [6, 6.07) is 0. The van der Waals surface area contributed by atoms with Crippen LogP contribution in [0.15, 0.2) is 0 Å². The fourth-order valence-electron chi connectivity index (χ4n) is 2.18. The van der Waals surface area contributed by atoms with Gasteiger partial charge in [0.15, 0.2) is 11.9 Å². The third-order valence-corrected chi connectivity index (χ3v) is 3.68. The highest BCUT2D eigenvalue weighted by Crippen LogP contribution is 2.24. The zero-order valence-electron chi connectivity index (χ0n) is 12.2. The minimum atomic E-state index is -2.45. The number of carbonyl (C=O) groups is 2. The molecule has 9 atom stereocenters. The molecular weight excluding hydrogens is 336 g/mol. The summed E-state index contributed by atoms with van der Waals surface area (Å²) in [5.74, 6) is -3.26. The third kappa shape index (κ3) is 4.05. The number of ether oxygens (including phenoxy) is 1. The second-order valence-electron chi connectivity index (χ2n) is 5.37. The van der Waals surface area contributed by atoms with E-state index in [0.717, 1.165) is 0 Å². The maximum Gasteiger partial charge on any atom is 0.335 e. The van der Waals surface area contributed by atoms with Gasteiger partial charge in [-0.25, -0.2) is 4.79 Å². The molecule has 0 aromatic carbocycles. The normalized spacial score (nSPS) is 35.8. The Morgan fingerprint density at radius 3 is 1.83 bits per heavy atom. The van der Waals surface area contributed by atoms with Crippen molar-refractivity contribution in [3.8, 4) is 0 Å². The maximum absolute atomic E-state index is 12.0. The molecule has 0 aliphatic carbocycles. The van der Waals surface area contributed by atoms with Gasteiger partial charge in [0.05, 0.1) is 6.61 Å². The second kappa shape index (κ2) is 8.24. The first kappa shape index (κ1) is 20.8. The molecule has 0 aromatic rings. The quantitative estimate of drug-likeness (QED) is 0.208. The summed E-state index contributed by atoms with van der Waals surface area (Å²) in [6.07, 6.45) is -19.3. The Kier molecular flexibility index (Phi) is 7.15.